The molecule has 1 fully saturated rings. The van der Waals surface area contributed by atoms with Gasteiger partial charge in [-0.15, -0.1) is 0 Å². The molecule has 1 aliphatic rings. The molecule has 4 nitrogen and oxygen atoms in total. The van der Waals surface area contributed by atoms with E-state index in [1.165, 1.54) is 6.34 Å². The zero-order valence-electron chi connectivity index (χ0n) is 5.56. The van der Waals surface area contributed by atoms with Gasteiger partial charge in [-0.25, -0.2) is 0 Å². The maximum Gasteiger partial charge on any atom is 0.207 e. The van der Waals surface area contributed by atoms with E-state index in [0.29, 0.717) is 6.54 Å². The maximum absolute atomic E-state index is 9.01. The number of aliphatic hydroxyl groups excluding tert-OH is 1. The highest BCUT2D eigenvalue weighted by Gasteiger charge is 2.16. The highest BCUT2D eigenvalue weighted by molar-refractivity contribution is 5.56. The summed E-state index contributed by atoms with van der Waals surface area (Å²) >= 11 is 0. The summed E-state index contributed by atoms with van der Waals surface area (Å²) in [6.45, 7) is 1.40. The summed E-state index contributed by atoms with van der Waals surface area (Å²) in [7, 11) is 0. The predicted octanol–water partition coefficient (Wildman–Crippen LogP) is -0.438. The molecule has 0 aromatic rings. The van der Waals surface area contributed by atoms with Gasteiger partial charge in [0.05, 0.1) is 6.10 Å². The zero-order valence-corrected chi connectivity index (χ0v) is 5.56. The van der Waals surface area contributed by atoms with Crippen LogP contribution in [0.25, 0.3) is 0 Å². The summed E-state index contributed by atoms with van der Waals surface area (Å²) in [5, 5.41) is 17.1. The Labute approximate surface area is 59.4 Å². The minimum atomic E-state index is -0.245. The predicted molar refractivity (Wildman–Crippen MR) is 36.3 cm³/mol. The van der Waals surface area contributed by atoms with Gasteiger partial charge < -0.3 is 10.0 Å². The first-order valence-corrected chi connectivity index (χ1v) is 3.17. The summed E-state index contributed by atoms with van der Waals surface area (Å²) in [6, 6.07) is 0. The lowest BCUT2D eigenvalue weighted by Crippen LogP contribution is -2.19. The van der Waals surface area contributed by atoms with Crippen LogP contribution in [0.15, 0.2) is 4.99 Å². The van der Waals surface area contributed by atoms with E-state index in [9.17, 15) is 0 Å². The van der Waals surface area contributed by atoms with Crippen molar-refractivity contribution in [3.05, 3.63) is 0 Å². The zero-order chi connectivity index (χ0) is 7.40. The lowest BCUT2D eigenvalue weighted by atomic mass is 10.3. The molecular formula is C6H9N3O. The van der Waals surface area contributed by atoms with Gasteiger partial charge in [0.1, 0.15) is 6.34 Å². The van der Waals surface area contributed by atoms with Crippen molar-refractivity contribution in [2.45, 2.75) is 12.5 Å². The van der Waals surface area contributed by atoms with Crippen LogP contribution in [0.1, 0.15) is 6.42 Å². The van der Waals surface area contributed by atoms with E-state index < -0.39 is 0 Å². The van der Waals surface area contributed by atoms with Crippen molar-refractivity contribution in [3.63, 3.8) is 0 Å². The van der Waals surface area contributed by atoms with Crippen LogP contribution >= 0.6 is 0 Å². The minimum absolute atomic E-state index is 0.245. The maximum atomic E-state index is 9.01. The van der Waals surface area contributed by atoms with E-state index in [0.717, 1.165) is 13.0 Å². The molecule has 0 aliphatic carbocycles. The van der Waals surface area contributed by atoms with Gasteiger partial charge in [-0.1, -0.05) is 0 Å². The fourth-order valence-electron chi connectivity index (χ4n) is 0.980. The fourth-order valence-corrected chi connectivity index (χ4v) is 0.980. The van der Waals surface area contributed by atoms with Gasteiger partial charge in [0.15, 0.2) is 0 Å². The molecule has 54 valence electrons. The van der Waals surface area contributed by atoms with Crippen molar-refractivity contribution in [3.8, 4) is 6.19 Å². The Morgan fingerprint density at radius 1 is 1.80 bits per heavy atom. The Hall–Kier alpha value is -1.08. The van der Waals surface area contributed by atoms with Crippen molar-refractivity contribution in [1.82, 2.24) is 4.90 Å². The van der Waals surface area contributed by atoms with Crippen LogP contribution in [0.2, 0.25) is 0 Å². The van der Waals surface area contributed by atoms with Crippen LogP contribution in [0, 0.1) is 11.5 Å². The van der Waals surface area contributed by atoms with E-state index in [-0.39, 0.29) is 6.10 Å². The summed E-state index contributed by atoms with van der Waals surface area (Å²) in [5.41, 5.74) is 0. The van der Waals surface area contributed by atoms with E-state index in [1.54, 1.807) is 6.19 Å². The van der Waals surface area contributed by atoms with Gasteiger partial charge in [-0.2, -0.15) is 10.3 Å². The van der Waals surface area contributed by atoms with Crippen molar-refractivity contribution >= 4 is 6.34 Å². The molecule has 1 rings (SSSR count). The lowest BCUT2D eigenvalue weighted by Gasteiger charge is -2.07. The van der Waals surface area contributed by atoms with Crippen LogP contribution in [0.5, 0.6) is 0 Å². The number of hydrogen-bond acceptors (Lipinski definition) is 3. The second kappa shape index (κ2) is 3.18. The van der Waals surface area contributed by atoms with E-state index >= 15 is 0 Å². The van der Waals surface area contributed by atoms with Gasteiger partial charge in [0.2, 0.25) is 6.19 Å². The molecule has 0 unspecified atom stereocenters. The first kappa shape index (κ1) is 7.03. The molecule has 0 bridgehead atoms. The summed E-state index contributed by atoms with van der Waals surface area (Å²) in [5.74, 6) is 0. The Kier molecular flexibility index (Phi) is 2.24. The lowest BCUT2D eigenvalue weighted by molar-refractivity contribution is 0.189. The third-order valence-electron chi connectivity index (χ3n) is 1.47. The average Bonchev–Trinajstić information content (AvgIpc) is 2.31. The summed E-state index contributed by atoms with van der Waals surface area (Å²) in [4.78, 5) is 5.21. The molecule has 1 atom stereocenters. The topological polar surface area (TPSA) is 59.6 Å². The van der Waals surface area contributed by atoms with E-state index in [4.69, 9.17) is 10.4 Å². The molecule has 1 heterocycles. The third-order valence-corrected chi connectivity index (χ3v) is 1.47. The third kappa shape index (κ3) is 1.71. The molecular weight excluding hydrogens is 130 g/mol. The number of β-amino-alcohol motifs (C(OH)–C–C–N with tert-alkyl or cyclic N) is 1. The van der Waals surface area contributed by atoms with Gasteiger partial charge in [0.25, 0.3) is 0 Å². The molecule has 10 heavy (non-hydrogen) atoms. The van der Waals surface area contributed by atoms with Gasteiger partial charge >= 0.3 is 0 Å². The molecule has 0 amide bonds. The monoisotopic (exact) mass is 139 g/mol. The fraction of sp³-hybridized carbons (Fsp3) is 0.667. The highest BCUT2D eigenvalue weighted by Crippen LogP contribution is 2.05. The molecule has 1 N–H and O–H groups in total. The van der Waals surface area contributed by atoms with E-state index in [2.05, 4.69) is 4.99 Å². The molecule has 4 heteroatoms. The van der Waals surface area contributed by atoms with Gasteiger partial charge in [0, 0.05) is 13.1 Å². The summed E-state index contributed by atoms with van der Waals surface area (Å²) < 4.78 is 0. The van der Waals surface area contributed by atoms with Crippen LogP contribution in [0.3, 0.4) is 0 Å². The molecule has 0 spiro atoms. The number of rotatable bonds is 1. The van der Waals surface area contributed by atoms with E-state index in [1.807, 2.05) is 4.90 Å². The first-order valence-electron chi connectivity index (χ1n) is 3.17. The highest BCUT2D eigenvalue weighted by atomic mass is 16.3. The Morgan fingerprint density at radius 3 is 3.10 bits per heavy atom. The molecule has 0 saturated carbocycles. The molecule has 1 saturated heterocycles. The second-order valence-electron chi connectivity index (χ2n) is 2.28. The van der Waals surface area contributed by atoms with Crippen LogP contribution in [-0.2, 0) is 0 Å². The summed E-state index contributed by atoms with van der Waals surface area (Å²) in [6.07, 6.45) is 3.65. The van der Waals surface area contributed by atoms with Crippen molar-refractivity contribution in [2.75, 3.05) is 13.1 Å². The number of hydrogen-bond donors (Lipinski definition) is 1. The number of nitriles is 1. The average molecular weight is 139 g/mol. The van der Waals surface area contributed by atoms with Crippen molar-refractivity contribution in [2.24, 2.45) is 4.99 Å². The first-order chi connectivity index (χ1) is 4.83. The quantitative estimate of drug-likeness (QED) is 0.304. The number of aliphatic hydroxyl groups is 1. The van der Waals surface area contributed by atoms with Crippen LogP contribution in [-0.4, -0.2) is 35.5 Å². The SMILES string of the molecule is N#C/N=C/N1CC[C@H](O)C1. The Morgan fingerprint density at radius 2 is 2.60 bits per heavy atom. The number of nitrogens with zero attached hydrogens (tertiary/aromatic N) is 3. The van der Waals surface area contributed by atoms with Crippen LogP contribution < -0.4 is 0 Å². The smallest absolute Gasteiger partial charge is 0.207 e. The van der Waals surface area contributed by atoms with Crippen molar-refractivity contribution in [1.29, 1.82) is 5.26 Å². The Bertz CT molecular complexity index is 172. The molecule has 0 radical (unpaired) electrons. The minimum Gasteiger partial charge on any atom is -0.391 e. The van der Waals surface area contributed by atoms with Crippen LogP contribution in [0.4, 0.5) is 0 Å². The number of aliphatic imine (C=N–C) groups is 1. The van der Waals surface area contributed by atoms with Crippen molar-refractivity contribution < 1.29 is 5.11 Å². The van der Waals surface area contributed by atoms with Gasteiger partial charge in [-0.05, 0) is 6.42 Å². The molecule has 0 aromatic carbocycles. The largest absolute Gasteiger partial charge is 0.391 e. The standard InChI is InChI=1S/C6H9N3O/c7-4-8-5-9-2-1-6(10)3-9/h5-6,10H,1-3H2/b8-5+/t6-/m0/s1. The Balaban J connectivity index is 2.33. The number of likely N-dealkylation sites (tertiary alicyclic amines) is 1. The molecule has 1 aliphatic heterocycles. The van der Waals surface area contributed by atoms with Gasteiger partial charge in [-0.3, -0.25) is 0 Å². The second-order valence-corrected chi connectivity index (χ2v) is 2.28. The normalized spacial score (nSPS) is 25.6. The molecule has 0 aromatic heterocycles.